The summed E-state index contributed by atoms with van der Waals surface area (Å²) in [7, 11) is 0. The molecule has 0 bridgehead atoms. The summed E-state index contributed by atoms with van der Waals surface area (Å²) in [4.78, 5) is 14.2. The van der Waals surface area contributed by atoms with E-state index in [0.29, 0.717) is 19.6 Å². The standard InChI is InChI=1S/C18H21F2N3O2/c19-15-4-3-13(16(20)11-15)10-18(25)22-6-1-2-14(12-22)17-5-7-23(21-17)8-9-24/h3-5,7,11,14,24H,1-2,6,8-10,12H2. The molecule has 1 unspecified atom stereocenters. The second-order valence-electron chi connectivity index (χ2n) is 6.32. The number of nitrogens with zero attached hydrogens (tertiary/aromatic N) is 3. The van der Waals surface area contributed by atoms with Crippen molar-refractivity contribution in [1.82, 2.24) is 14.7 Å². The van der Waals surface area contributed by atoms with E-state index in [4.69, 9.17) is 5.11 Å². The van der Waals surface area contributed by atoms with Crippen LogP contribution in [0, 0.1) is 11.6 Å². The number of carbonyl (C=O) groups excluding carboxylic acids is 1. The largest absolute Gasteiger partial charge is 0.394 e. The maximum absolute atomic E-state index is 13.8. The van der Waals surface area contributed by atoms with Gasteiger partial charge in [-0.05, 0) is 30.5 Å². The van der Waals surface area contributed by atoms with Gasteiger partial charge in [0.05, 0.1) is 25.3 Å². The molecule has 2 heterocycles. The highest BCUT2D eigenvalue weighted by atomic mass is 19.1. The zero-order chi connectivity index (χ0) is 17.8. The first-order chi connectivity index (χ1) is 12.1. The molecule has 1 aromatic carbocycles. The van der Waals surface area contributed by atoms with E-state index < -0.39 is 11.6 Å². The fraction of sp³-hybridized carbons (Fsp3) is 0.444. The Hall–Kier alpha value is -2.28. The van der Waals surface area contributed by atoms with Crippen LogP contribution in [-0.2, 0) is 17.8 Å². The number of amides is 1. The number of piperidine rings is 1. The van der Waals surface area contributed by atoms with Crippen molar-refractivity contribution < 1.29 is 18.7 Å². The van der Waals surface area contributed by atoms with Crippen LogP contribution in [0.1, 0.15) is 30.0 Å². The summed E-state index contributed by atoms with van der Waals surface area (Å²) < 4.78 is 28.4. The van der Waals surface area contributed by atoms with E-state index in [1.54, 1.807) is 9.58 Å². The van der Waals surface area contributed by atoms with E-state index in [0.717, 1.165) is 24.6 Å². The second-order valence-corrected chi connectivity index (χ2v) is 6.32. The Morgan fingerprint density at radius 2 is 2.16 bits per heavy atom. The van der Waals surface area contributed by atoms with Crippen LogP contribution in [0.3, 0.4) is 0 Å². The summed E-state index contributed by atoms with van der Waals surface area (Å²) in [6, 6.07) is 5.20. The predicted octanol–water partition coefficient (Wildman–Crippen LogP) is 2.10. The minimum Gasteiger partial charge on any atom is -0.394 e. The van der Waals surface area contributed by atoms with Gasteiger partial charge in [-0.1, -0.05) is 6.07 Å². The molecule has 1 aromatic heterocycles. The lowest BCUT2D eigenvalue weighted by Crippen LogP contribution is -2.40. The van der Waals surface area contributed by atoms with Gasteiger partial charge >= 0.3 is 0 Å². The summed E-state index contributed by atoms with van der Waals surface area (Å²) in [6.45, 7) is 1.64. The number of carbonyl (C=O) groups is 1. The van der Waals surface area contributed by atoms with Crippen molar-refractivity contribution in [3.05, 3.63) is 53.4 Å². The van der Waals surface area contributed by atoms with Gasteiger partial charge in [-0.2, -0.15) is 5.10 Å². The van der Waals surface area contributed by atoms with Crippen LogP contribution in [0.5, 0.6) is 0 Å². The number of aliphatic hydroxyl groups is 1. The number of aromatic nitrogens is 2. The van der Waals surface area contributed by atoms with Crippen LogP contribution in [0.15, 0.2) is 30.5 Å². The van der Waals surface area contributed by atoms with Crippen LogP contribution in [0.25, 0.3) is 0 Å². The molecular weight excluding hydrogens is 328 g/mol. The molecule has 0 radical (unpaired) electrons. The van der Waals surface area contributed by atoms with E-state index in [9.17, 15) is 13.6 Å². The van der Waals surface area contributed by atoms with Crippen LogP contribution in [-0.4, -0.2) is 45.4 Å². The first kappa shape index (κ1) is 17.5. The molecule has 1 fully saturated rings. The number of rotatable bonds is 5. The number of hydrogen-bond donors (Lipinski definition) is 1. The zero-order valence-corrected chi connectivity index (χ0v) is 13.9. The molecule has 0 saturated carbocycles. The summed E-state index contributed by atoms with van der Waals surface area (Å²) in [6.07, 6.45) is 3.54. The average molecular weight is 349 g/mol. The quantitative estimate of drug-likeness (QED) is 0.899. The van der Waals surface area contributed by atoms with Crippen LogP contribution >= 0.6 is 0 Å². The van der Waals surface area contributed by atoms with Crippen molar-refractivity contribution in [2.24, 2.45) is 0 Å². The van der Waals surface area contributed by atoms with Crippen LogP contribution < -0.4 is 0 Å². The predicted molar refractivity (Wildman–Crippen MR) is 87.9 cm³/mol. The Morgan fingerprint density at radius 1 is 1.32 bits per heavy atom. The Labute approximate surface area is 144 Å². The van der Waals surface area contributed by atoms with Crippen molar-refractivity contribution in [1.29, 1.82) is 0 Å². The lowest BCUT2D eigenvalue weighted by atomic mass is 9.94. The number of benzene rings is 1. The molecule has 0 aliphatic carbocycles. The molecule has 1 N–H and O–H groups in total. The average Bonchev–Trinajstić information content (AvgIpc) is 3.06. The first-order valence-corrected chi connectivity index (χ1v) is 8.42. The summed E-state index contributed by atoms with van der Waals surface area (Å²) in [5.41, 5.74) is 1.11. The van der Waals surface area contributed by atoms with E-state index >= 15 is 0 Å². The van der Waals surface area contributed by atoms with Gasteiger partial charge < -0.3 is 10.0 Å². The third-order valence-electron chi connectivity index (χ3n) is 4.54. The number of likely N-dealkylation sites (tertiary alicyclic amines) is 1. The number of aliphatic hydroxyl groups excluding tert-OH is 1. The minimum absolute atomic E-state index is 0.0274. The first-order valence-electron chi connectivity index (χ1n) is 8.42. The van der Waals surface area contributed by atoms with Gasteiger partial charge in [-0.25, -0.2) is 8.78 Å². The molecule has 3 rings (SSSR count). The third kappa shape index (κ3) is 4.22. The molecule has 1 aliphatic rings. The molecule has 1 atom stereocenters. The van der Waals surface area contributed by atoms with Gasteiger partial charge in [0.15, 0.2) is 0 Å². The van der Waals surface area contributed by atoms with Crippen molar-refractivity contribution in [2.45, 2.75) is 31.7 Å². The highest BCUT2D eigenvalue weighted by Gasteiger charge is 2.26. The Bertz CT molecular complexity index is 748. The Kier molecular flexibility index (Phi) is 5.43. The van der Waals surface area contributed by atoms with Crippen molar-refractivity contribution >= 4 is 5.91 Å². The van der Waals surface area contributed by atoms with Crippen molar-refractivity contribution in [3.8, 4) is 0 Å². The molecule has 1 amide bonds. The summed E-state index contributed by atoms with van der Waals surface area (Å²) >= 11 is 0. The normalized spacial score (nSPS) is 17.7. The highest BCUT2D eigenvalue weighted by Crippen LogP contribution is 2.26. The van der Waals surface area contributed by atoms with Gasteiger partial charge in [0.1, 0.15) is 11.6 Å². The molecule has 25 heavy (non-hydrogen) atoms. The Balaban J connectivity index is 1.64. The van der Waals surface area contributed by atoms with E-state index in [-0.39, 0.29) is 30.4 Å². The fourth-order valence-corrected chi connectivity index (χ4v) is 3.21. The monoisotopic (exact) mass is 349 g/mol. The number of halogens is 2. The van der Waals surface area contributed by atoms with Gasteiger partial charge in [-0.15, -0.1) is 0 Å². The summed E-state index contributed by atoms with van der Waals surface area (Å²) in [5.74, 6) is -1.37. The Morgan fingerprint density at radius 3 is 2.92 bits per heavy atom. The molecule has 1 saturated heterocycles. The van der Waals surface area contributed by atoms with Crippen LogP contribution in [0.2, 0.25) is 0 Å². The highest BCUT2D eigenvalue weighted by molar-refractivity contribution is 5.79. The van der Waals surface area contributed by atoms with Gasteiger partial charge in [-0.3, -0.25) is 9.48 Å². The van der Waals surface area contributed by atoms with Crippen molar-refractivity contribution in [2.75, 3.05) is 19.7 Å². The zero-order valence-electron chi connectivity index (χ0n) is 13.9. The topological polar surface area (TPSA) is 58.4 Å². The van der Waals surface area contributed by atoms with E-state index in [2.05, 4.69) is 5.10 Å². The lowest BCUT2D eigenvalue weighted by molar-refractivity contribution is -0.131. The molecule has 1 aliphatic heterocycles. The van der Waals surface area contributed by atoms with Crippen molar-refractivity contribution in [3.63, 3.8) is 0 Å². The van der Waals surface area contributed by atoms with Gasteiger partial charge in [0.2, 0.25) is 5.91 Å². The van der Waals surface area contributed by atoms with E-state index in [1.165, 1.54) is 12.1 Å². The molecule has 134 valence electrons. The van der Waals surface area contributed by atoms with Gasteiger partial charge in [0, 0.05) is 31.3 Å². The lowest BCUT2D eigenvalue weighted by Gasteiger charge is -2.32. The molecule has 5 nitrogen and oxygen atoms in total. The fourth-order valence-electron chi connectivity index (χ4n) is 3.21. The molecule has 7 heteroatoms. The van der Waals surface area contributed by atoms with Gasteiger partial charge in [0.25, 0.3) is 0 Å². The second kappa shape index (κ2) is 7.74. The molecular formula is C18H21F2N3O2. The molecule has 0 spiro atoms. The molecule has 2 aromatic rings. The summed E-state index contributed by atoms with van der Waals surface area (Å²) in [5, 5.41) is 13.4. The maximum atomic E-state index is 13.8. The number of hydrogen-bond acceptors (Lipinski definition) is 3. The SMILES string of the molecule is O=C(Cc1ccc(F)cc1F)N1CCCC(c2ccn(CCO)n2)C1. The smallest absolute Gasteiger partial charge is 0.227 e. The minimum atomic E-state index is -0.690. The maximum Gasteiger partial charge on any atom is 0.227 e. The van der Waals surface area contributed by atoms with E-state index in [1.807, 2.05) is 12.3 Å². The van der Waals surface area contributed by atoms with Crippen LogP contribution in [0.4, 0.5) is 8.78 Å². The third-order valence-corrected chi connectivity index (χ3v) is 4.54.